The Hall–Kier alpha value is -4.08. The van der Waals surface area contributed by atoms with Crippen LogP contribution in [0.25, 0.3) is 0 Å². The van der Waals surface area contributed by atoms with Gasteiger partial charge in [-0.25, -0.2) is 14.4 Å². The Morgan fingerprint density at radius 1 is 0.542 bits per heavy atom. The normalized spacial score (nSPS) is 13.8. The molecule has 3 unspecified atom stereocenters. The molecule has 0 saturated carbocycles. The predicted molar refractivity (Wildman–Crippen MR) is 175 cm³/mol. The van der Waals surface area contributed by atoms with Crippen LogP contribution in [-0.4, -0.2) is 113 Å². The van der Waals surface area contributed by atoms with Gasteiger partial charge in [0.1, 0.15) is 39.6 Å². The van der Waals surface area contributed by atoms with Gasteiger partial charge in [0.05, 0.1) is 24.7 Å². The van der Waals surface area contributed by atoms with E-state index >= 15 is 0 Å². The van der Waals surface area contributed by atoms with E-state index in [-0.39, 0.29) is 96.7 Å². The van der Waals surface area contributed by atoms with Crippen LogP contribution in [0.3, 0.4) is 0 Å². The number of rotatable bonds is 28. The second-order valence-electron chi connectivity index (χ2n) is 11.2. The third kappa shape index (κ3) is 22.4. The third-order valence-corrected chi connectivity index (χ3v) is 6.76. The second-order valence-corrected chi connectivity index (χ2v) is 11.2. The average Bonchev–Trinajstić information content (AvgIpc) is 3.08. The number of esters is 6. The Morgan fingerprint density at radius 3 is 1.04 bits per heavy atom. The zero-order valence-corrected chi connectivity index (χ0v) is 28.7. The van der Waals surface area contributed by atoms with Crippen molar-refractivity contribution in [2.45, 2.75) is 71.5 Å². The molecule has 0 saturated heterocycles. The molecule has 0 heterocycles. The molecule has 0 aromatic heterocycles. The highest BCUT2D eigenvalue weighted by atomic mass is 16.6. The molecule has 0 rings (SSSR count). The van der Waals surface area contributed by atoms with E-state index in [4.69, 9.17) is 28.4 Å². The van der Waals surface area contributed by atoms with Gasteiger partial charge in [-0.2, -0.15) is 0 Å². The molecule has 48 heavy (non-hydrogen) atoms. The minimum Gasteiger partial charge on any atom is -0.465 e. The van der Waals surface area contributed by atoms with Crippen LogP contribution in [0.4, 0.5) is 0 Å². The van der Waals surface area contributed by atoms with E-state index in [1.165, 1.54) is 0 Å². The molecule has 15 heteroatoms. The van der Waals surface area contributed by atoms with Crippen LogP contribution in [0.5, 0.6) is 0 Å². The zero-order chi connectivity index (χ0) is 36.4. The maximum absolute atomic E-state index is 12.5. The van der Waals surface area contributed by atoms with Gasteiger partial charge in [0, 0.05) is 56.0 Å². The highest BCUT2D eigenvalue weighted by molar-refractivity contribution is 5.81. The Bertz CT molecular complexity index is 938. The van der Waals surface area contributed by atoms with Gasteiger partial charge in [-0.05, 0) is 27.2 Å². The minimum absolute atomic E-state index is 0.0110. The fourth-order valence-corrected chi connectivity index (χ4v) is 3.59. The summed E-state index contributed by atoms with van der Waals surface area (Å²) in [6.45, 7) is 17.7. The summed E-state index contributed by atoms with van der Waals surface area (Å²) in [4.78, 5) is 71.3. The molecule has 272 valence electrons. The van der Waals surface area contributed by atoms with Gasteiger partial charge in [-0.3, -0.25) is 14.4 Å². The van der Waals surface area contributed by atoms with Crippen LogP contribution >= 0.6 is 0 Å². The van der Waals surface area contributed by atoms with Crippen molar-refractivity contribution < 1.29 is 57.2 Å². The molecule has 0 aliphatic heterocycles. The van der Waals surface area contributed by atoms with Gasteiger partial charge in [0.25, 0.3) is 0 Å². The number of nitrogens with one attached hydrogen (secondary N) is 3. The van der Waals surface area contributed by atoms with Gasteiger partial charge >= 0.3 is 35.8 Å². The molecule has 3 atom stereocenters. The minimum atomic E-state index is -1.01. The fraction of sp³-hybridized carbons (Fsp3) is 0.636. The first-order valence-electron chi connectivity index (χ1n) is 15.8. The third-order valence-electron chi connectivity index (χ3n) is 6.76. The van der Waals surface area contributed by atoms with Crippen LogP contribution in [0.15, 0.2) is 38.0 Å². The molecule has 0 aromatic carbocycles. The largest absolute Gasteiger partial charge is 0.465 e. The van der Waals surface area contributed by atoms with Crippen molar-refractivity contribution in [3.8, 4) is 0 Å². The average molecular weight is 684 g/mol. The molecule has 0 fully saturated rings. The van der Waals surface area contributed by atoms with Crippen molar-refractivity contribution >= 4 is 35.8 Å². The molecule has 0 amide bonds. The quantitative estimate of drug-likeness (QED) is 0.0607. The van der Waals surface area contributed by atoms with E-state index in [2.05, 4.69) is 35.7 Å². The summed E-state index contributed by atoms with van der Waals surface area (Å²) in [6, 6.07) is -0.640. The monoisotopic (exact) mass is 683 g/mol. The topological polar surface area (TPSA) is 194 Å². The summed E-state index contributed by atoms with van der Waals surface area (Å²) in [7, 11) is 0. The highest BCUT2D eigenvalue weighted by Gasteiger charge is 2.34. The van der Waals surface area contributed by atoms with E-state index in [9.17, 15) is 28.8 Å². The summed E-state index contributed by atoms with van der Waals surface area (Å²) in [6.07, 6.45) is 3.56. The number of hydrogen-bond acceptors (Lipinski definition) is 15. The Balaban J connectivity index is 5.06. The fourth-order valence-electron chi connectivity index (χ4n) is 3.59. The second kappa shape index (κ2) is 25.9. The van der Waals surface area contributed by atoms with E-state index in [1.807, 2.05) is 0 Å². The molecule has 0 aliphatic carbocycles. The first-order valence-corrected chi connectivity index (χ1v) is 15.8. The van der Waals surface area contributed by atoms with E-state index in [0.29, 0.717) is 6.42 Å². The summed E-state index contributed by atoms with van der Waals surface area (Å²) < 4.78 is 31.4. The molecule has 0 spiro atoms. The molecule has 0 aliphatic rings. The van der Waals surface area contributed by atoms with E-state index in [0.717, 1.165) is 18.2 Å². The van der Waals surface area contributed by atoms with Crippen molar-refractivity contribution in [1.82, 2.24) is 16.0 Å². The Kier molecular flexibility index (Phi) is 23.7. The van der Waals surface area contributed by atoms with Gasteiger partial charge in [0.15, 0.2) is 0 Å². The smallest absolute Gasteiger partial charge is 0.330 e. The van der Waals surface area contributed by atoms with Gasteiger partial charge in [0.2, 0.25) is 0 Å². The van der Waals surface area contributed by atoms with Crippen molar-refractivity contribution in [1.29, 1.82) is 0 Å². The molecular formula is C33H53N3O12. The van der Waals surface area contributed by atoms with E-state index in [1.54, 1.807) is 27.7 Å². The number of carbonyl (C=O) groups excluding carboxylic acids is 6. The predicted octanol–water partition coefficient (Wildman–Crippen LogP) is 1.30. The number of ether oxygens (including phenoxy) is 6. The summed E-state index contributed by atoms with van der Waals surface area (Å²) in [5, 5.41) is 9.15. The molecule has 15 nitrogen and oxygen atoms in total. The van der Waals surface area contributed by atoms with Gasteiger partial charge in [-0.15, -0.1) is 0 Å². The molecule has 0 bridgehead atoms. The lowest BCUT2D eigenvalue weighted by molar-refractivity contribution is -0.162. The first kappa shape index (κ1) is 43.9. The summed E-state index contributed by atoms with van der Waals surface area (Å²) >= 11 is 0. The van der Waals surface area contributed by atoms with Crippen LogP contribution in [0, 0.1) is 5.41 Å². The van der Waals surface area contributed by atoms with Crippen LogP contribution in [0.2, 0.25) is 0 Å². The maximum Gasteiger partial charge on any atom is 0.330 e. The number of carbonyl (C=O) groups is 6. The highest BCUT2D eigenvalue weighted by Crippen LogP contribution is 2.25. The molecule has 3 N–H and O–H groups in total. The maximum atomic E-state index is 12.5. The van der Waals surface area contributed by atoms with Crippen molar-refractivity contribution in [2.75, 3.05) is 59.3 Å². The van der Waals surface area contributed by atoms with Crippen molar-refractivity contribution in [3.05, 3.63) is 38.0 Å². The summed E-state index contributed by atoms with van der Waals surface area (Å²) in [5.41, 5.74) is -1.01. The van der Waals surface area contributed by atoms with Gasteiger partial charge in [-0.1, -0.05) is 26.7 Å². The summed E-state index contributed by atoms with van der Waals surface area (Å²) in [5.74, 6) is -3.22. The number of hydrogen-bond donors (Lipinski definition) is 3. The Labute approximate surface area is 283 Å². The lowest BCUT2D eigenvalue weighted by atomic mass is 9.88. The SMILES string of the molecule is C=CC(=O)OCC(C)NCCC(=O)OCC(CC)(COC(=O)CCNC(C)COC(=O)C=C)COC(=O)CCNC(C)COC(=O)C=C. The zero-order valence-electron chi connectivity index (χ0n) is 28.7. The van der Waals surface area contributed by atoms with Crippen LogP contribution in [-0.2, 0) is 57.2 Å². The van der Waals surface area contributed by atoms with E-state index < -0.39 is 41.2 Å². The van der Waals surface area contributed by atoms with Crippen LogP contribution in [0.1, 0.15) is 53.4 Å². The molecule has 0 radical (unpaired) electrons. The lowest BCUT2D eigenvalue weighted by Crippen LogP contribution is -2.40. The van der Waals surface area contributed by atoms with Gasteiger partial charge < -0.3 is 44.4 Å². The lowest BCUT2D eigenvalue weighted by Gasteiger charge is -2.31. The van der Waals surface area contributed by atoms with Crippen molar-refractivity contribution in [3.63, 3.8) is 0 Å². The van der Waals surface area contributed by atoms with Crippen LogP contribution < -0.4 is 16.0 Å². The molecular weight excluding hydrogens is 630 g/mol. The molecule has 0 aromatic rings. The Morgan fingerprint density at radius 2 is 0.812 bits per heavy atom. The van der Waals surface area contributed by atoms with Crippen molar-refractivity contribution in [2.24, 2.45) is 5.41 Å². The standard InChI is InChI=1S/C33H53N3O12/c1-8-27(37)43-18-24(5)34-15-12-30(40)46-21-33(11-4,22-47-31(41)13-16-35-25(6)19-44-28(38)9-2)23-48-32(42)14-17-36-26(7)20-45-29(39)10-3/h8-10,24-26,34-36H,1-3,11-23H2,4-7H3. The first-order chi connectivity index (χ1) is 22.8.